The highest BCUT2D eigenvalue weighted by atomic mass is 32.3. The van der Waals surface area contributed by atoms with Crippen molar-refractivity contribution in [2.24, 2.45) is 11.8 Å². The van der Waals surface area contributed by atoms with Gasteiger partial charge in [0, 0.05) is 38.5 Å². The Labute approximate surface area is 142 Å². The van der Waals surface area contributed by atoms with E-state index >= 15 is 0 Å². The molecule has 2 saturated heterocycles. The zero-order chi connectivity index (χ0) is 17.2. The quantitative estimate of drug-likeness (QED) is 0.729. The highest BCUT2D eigenvalue weighted by Crippen LogP contribution is 2.25. The summed E-state index contributed by atoms with van der Waals surface area (Å²) < 4.78 is 34.3. The van der Waals surface area contributed by atoms with E-state index < -0.39 is 21.9 Å². The smallest absolute Gasteiger partial charge is 0.302 e. The van der Waals surface area contributed by atoms with Crippen molar-refractivity contribution >= 4 is 16.1 Å². The molecular weight excluding hydrogens is 331 g/mol. The zero-order valence-electron chi connectivity index (χ0n) is 13.6. The van der Waals surface area contributed by atoms with Gasteiger partial charge in [0.05, 0.1) is 5.75 Å². The molecular formula is C17H23FN2O3S. The van der Waals surface area contributed by atoms with Crippen LogP contribution in [0.3, 0.4) is 0 Å². The molecule has 2 atom stereocenters. The molecule has 132 valence electrons. The highest BCUT2D eigenvalue weighted by Gasteiger charge is 2.35. The number of benzene rings is 1. The van der Waals surface area contributed by atoms with Crippen molar-refractivity contribution in [3.63, 3.8) is 0 Å². The van der Waals surface area contributed by atoms with Gasteiger partial charge in [-0.1, -0.05) is 30.3 Å². The first-order valence-electron chi connectivity index (χ1n) is 8.35. The van der Waals surface area contributed by atoms with Crippen molar-refractivity contribution in [2.45, 2.75) is 19.4 Å². The van der Waals surface area contributed by atoms with Gasteiger partial charge < -0.3 is 4.90 Å². The summed E-state index contributed by atoms with van der Waals surface area (Å²) in [7, 11) is -4.51. The third-order valence-corrected chi connectivity index (χ3v) is 5.70. The van der Waals surface area contributed by atoms with Gasteiger partial charge >= 0.3 is 10.2 Å². The average molecular weight is 354 g/mol. The molecule has 5 nitrogen and oxygen atoms in total. The van der Waals surface area contributed by atoms with Gasteiger partial charge in [0.25, 0.3) is 0 Å². The van der Waals surface area contributed by atoms with E-state index in [1.807, 2.05) is 18.2 Å². The van der Waals surface area contributed by atoms with E-state index in [9.17, 15) is 17.1 Å². The molecule has 2 fully saturated rings. The lowest BCUT2D eigenvalue weighted by Gasteiger charge is -2.21. The van der Waals surface area contributed by atoms with E-state index in [0.29, 0.717) is 19.0 Å². The molecule has 0 spiro atoms. The summed E-state index contributed by atoms with van der Waals surface area (Å²) in [4.78, 5) is 16.1. The summed E-state index contributed by atoms with van der Waals surface area (Å²) in [6.45, 7) is 3.85. The largest absolute Gasteiger partial charge is 0.342 e. The minimum Gasteiger partial charge on any atom is -0.342 e. The lowest BCUT2D eigenvalue weighted by Crippen LogP contribution is -2.32. The van der Waals surface area contributed by atoms with E-state index in [2.05, 4.69) is 17.0 Å². The van der Waals surface area contributed by atoms with E-state index in [1.54, 1.807) is 4.90 Å². The minimum atomic E-state index is -4.51. The van der Waals surface area contributed by atoms with Gasteiger partial charge in [0.15, 0.2) is 0 Å². The number of rotatable bonds is 6. The minimum absolute atomic E-state index is 0.0508. The predicted molar refractivity (Wildman–Crippen MR) is 89.4 cm³/mol. The Balaban J connectivity index is 1.48. The normalized spacial score (nSPS) is 25.5. The number of carbonyl (C=O) groups is 1. The van der Waals surface area contributed by atoms with Crippen LogP contribution in [-0.2, 0) is 21.6 Å². The van der Waals surface area contributed by atoms with Crippen LogP contribution in [0.25, 0.3) is 0 Å². The van der Waals surface area contributed by atoms with Crippen LogP contribution < -0.4 is 0 Å². The van der Waals surface area contributed by atoms with Crippen molar-refractivity contribution in [1.82, 2.24) is 9.80 Å². The molecule has 0 saturated carbocycles. The van der Waals surface area contributed by atoms with Crippen LogP contribution in [-0.4, -0.2) is 56.1 Å². The molecule has 3 rings (SSSR count). The topological polar surface area (TPSA) is 57.7 Å². The molecule has 1 aromatic rings. The standard InChI is InChI=1S/C17H23FN2O3S/c18-24(22,23)13-16-8-17(21)20(12-16)11-15-6-7-19(10-15)9-14-4-2-1-3-5-14/h1-5,15-16H,6-13H2. The molecule has 2 aliphatic rings. The van der Waals surface area contributed by atoms with Gasteiger partial charge in [-0.3, -0.25) is 9.69 Å². The van der Waals surface area contributed by atoms with Crippen molar-refractivity contribution in [1.29, 1.82) is 0 Å². The molecule has 2 aliphatic heterocycles. The van der Waals surface area contributed by atoms with Crippen molar-refractivity contribution in [3.05, 3.63) is 35.9 Å². The number of hydrogen-bond donors (Lipinski definition) is 0. The maximum atomic E-state index is 12.8. The van der Waals surface area contributed by atoms with Crippen LogP contribution in [0, 0.1) is 11.8 Å². The Bertz CT molecular complexity index is 680. The number of halogens is 1. The fourth-order valence-electron chi connectivity index (χ4n) is 3.78. The Hall–Kier alpha value is -1.47. The van der Waals surface area contributed by atoms with E-state index in [0.717, 1.165) is 26.1 Å². The van der Waals surface area contributed by atoms with E-state index in [4.69, 9.17) is 0 Å². The maximum Gasteiger partial charge on any atom is 0.302 e. The first kappa shape index (κ1) is 17.4. The second-order valence-corrected chi connectivity index (χ2v) is 8.36. The molecule has 1 amide bonds. The second-order valence-electron chi connectivity index (χ2n) is 6.95. The van der Waals surface area contributed by atoms with Gasteiger partial charge in [-0.05, 0) is 24.4 Å². The third-order valence-electron chi connectivity index (χ3n) is 4.83. The lowest BCUT2D eigenvalue weighted by atomic mass is 10.1. The summed E-state index contributed by atoms with van der Waals surface area (Å²) in [6, 6.07) is 10.3. The van der Waals surface area contributed by atoms with Crippen molar-refractivity contribution in [2.75, 3.05) is 31.9 Å². The van der Waals surface area contributed by atoms with Crippen LogP contribution >= 0.6 is 0 Å². The monoisotopic (exact) mass is 354 g/mol. The highest BCUT2D eigenvalue weighted by molar-refractivity contribution is 7.86. The van der Waals surface area contributed by atoms with Crippen molar-refractivity contribution < 1.29 is 17.1 Å². The Morgan fingerprint density at radius 1 is 1.12 bits per heavy atom. The molecule has 2 unspecified atom stereocenters. The molecule has 0 aromatic heterocycles. The Morgan fingerprint density at radius 3 is 2.58 bits per heavy atom. The number of carbonyl (C=O) groups excluding carboxylic acids is 1. The molecule has 2 heterocycles. The lowest BCUT2D eigenvalue weighted by molar-refractivity contribution is -0.128. The second kappa shape index (κ2) is 7.19. The number of amides is 1. The van der Waals surface area contributed by atoms with Crippen LogP contribution in [0.4, 0.5) is 3.89 Å². The summed E-state index contributed by atoms with van der Waals surface area (Å²) >= 11 is 0. The number of nitrogens with zero attached hydrogens (tertiary/aromatic N) is 2. The maximum absolute atomic E-state index is 12.8. The van der Waals surface area contributed by atoms with Crippen LogP contribution in [0.5, 0.6) is 0 Å². The first-order chi connectivity index (χ1) is 11.4. The molecule has 0 bridgehead atoms. The molecule has 0 radical (unpaired) electrons. The van der Waals surface area contributed by atoms with Gasteiger partial charge in [-0.15, -0.1) is 3.89 Å². The fourth-order valence-corrected chi connectivity index (χ4v) is 4.57. The van der Waals surface area contributed by atoms with Gasteiger partial charge in [0.1, 0.15) is 0 Å². The Kier molecular flexibility index (Phi) is 5.20. The summed E-state index contributed by atoms with van der Waals surface area (Å²) in [5.74, 6) is -0.599. The molecule has 0 N–H and O–H groups in total. The van der Waals surface area contributed by atoms with Crippen LogP contribution in [0.1, 0.15) is 18.4 Å². The van der Waals surface area contributed by atoms with E-state index in [-0.39, 0.29) is 12.3 Å². The number of hydrogen-bond acceptors (Lipinski definition) is 4. The SMILES string of the molecule is O=C1CC(CS(=O)(=O)F)CN1CC1CCN(Cc2ccccc2)C1. The summed E-state index contributed by atoms with van der Waals surface area (Å²) in [5.41, 5.74) is 1.28. The van der Waals surface area contributed by atoms with Crippen LogP contribution in [0.2, 0.25) is 0 Å². The van der Waals surface area contributed by atoms with Crippen molar-refractivity contribution in [3.8, 4) is 0 Å². The molecule has 1 aromatic carbocycles. The Morgan fingerprint density at radius 2 is 1.88 bits per heavy atom. The van der Waals surface area contributed by atoms with Gasteiger partial charge in [0.2, 0.25) is 5.91 Å². The summed E-state index contributed by atoms with van der Waals surface area (Å²) in [6.07, 6.45) is 1.17. The predicted octanol–water partition coefficient (Wildman–Crippen LogP) is 1.66. The van der Waals surface area contributed by atoms with Gasteiger partial charge in [-0.25, -0.2) is 0 Å². The molecule has 7 heteroatoms. The fraction of sp³-hybridized carbons (Fsp3) is 0.588. The first-order valence-corrected chi connectivity index (χ1v) is 9.91. The summed E-state index contributed by atoms with van der Waals surface area (Å²) in [5, 5.41) is 0. The third kappa shape index (κ3) is 4.77. The zero-order valence-corrected chi connectivity index (χ0v) is 14.4. The number of likely N-dealkylation sites (tertiary alicyclic amines) is 2. The molecule has 0 aliphatic carbocycles. The average Bonchev–Trinajstić information content (AvgIpc) is 3.06. The van der Waals surface area contributed by atoms with Crippen LogP contribution in [0.15, 0.2) is 30.3 Å². The van der Waals surface area contributed by atoms with E-state index in [1.165, 1.54) is 5.56 Å². The van der Waals surface area contributed by atoms with Gasteiger partial charge in [-0.2, -0.15) is 8.42 Å². The molecule has 24 heavy (non-hydrogen) atoms.